The summed E-state index contributed by atoms with van der Waals surface area (Å²) in [4.78, 5) is 179. The van der Waals surface area contributed by atoms with E-state index in [2.05, 4.69) is 16.0 Å². The molecule has 0 aromatic carbocycles. The number of fused-ring (bicyclic) bond motifs is 2. The molecule has 108 heavy (non-hydrogen) atoms. The molecule has 2 bridgehead atoms. The molecule has 3 heterocycles. The summed E-state index contributed by atoms with van der Waals surface area (Å²) in [7, 11) is 8.58. The van der Waals surface area contributed by atoms with Crippen molar-refractivity contribution in [2.75, 3.05) is 94.8 Å². The normalized spacial score (nSPS) is 32.9. The van der Waals surface area contributed by atoms with Gasteiger partial charge in [-0.1, -0.05) is 66.2 Å². The quantitative estimate of drug-likeness (QED) is 0.161. The highest BCUT2D eigenvalue weighted by Crippen LogP contribution is 2.46. The lowest BCUT2D eigenvalue weighted by Gasteiger charge is -2.43. The third kappa shape index (κ3) is 21.8. The number of hydrogen-bond donors (Lipinski definition) is 3. The summed E-state index contributed by atoms with van der Waals surface area (Å²) in [5, 5.41) is 8.57. The highest BCUT2D eigenvalue weighted by molar-refractivity contribution is 6.00. The minimum atomic E-state index is -5.19. The summed E-state index contributed by atoms with van der Waals surface area (Å²) in [6, 6.07) is -10.6. The molecule has 3 saturated heterocycles. The first-order valence-corrected chi connectivity index (χ1v) is 39.5. The number of nitrogens with zero attached hydrogens (tertiary/aromatic N) is 9. The largest absolute Gasteiger partial charge is 0.397 e. The lowest BCUT2D eigenvalue weighted by molar-refractivity contribution is -0.219. The van der Waals surface area contributed by atoms with Crippen LogP contribution in [0.25, 0.3) is 0 Å². The number of rotatable bonds is 12. The number of ether oxygens (including phenoxy) is 1. The molecule has 7 fully saturated rings. The maximum Gasteiger partial charge on any atom is 0.397 e. The summed E-state index contributed by atoms with van der Waals surface area (Å²) in [6.45, 7) is 11.4. The van der Waals surface area contributed by atoms with Crippen LogP contribution in [0.1, 0.15) is 196 Å². The van der Waals surface area contributed by atoms with E-state index in [1.165, 1.54) is 78.5 Å². The Morgan fingerprint density at radius 3 is 1.77 bits per heavy atom. The molecule has 32 heteroatoms. The maximum atomic E-state index is 15.7. The summed E-state index contributed by atoms with van der Waals surface area (Å²) in [5.74, 6) is -14.8. The van der Waals surface area contributed by atoms with Crippen molar-refractivity contribution in [2.45, 2.75) is 281 Å². The van der Waals surface area contributed by atoms with Crippen molar-refractivity contribution >= 4 is 65.0 Å². The van der Waals surface area contributed by atoms with Gasteiger partial charge in [-0.25, -0.2) is 8.78 Å². The summed E-state index contributed by atoms with van der Waals surface area (Å²) in [6.07, 6.45) is -12.4. The molecule has 0 aromatic rings. The van der Waals surface area contributed by atoms with Crippen LogP contribution in [0.3, 0.4) is 0 Å². The first kappa shape index (κ1) is 88.7. The fraction of sp³-hybridized carbons (Fsp3) is 0.855. The van der Waals surface area contributed by atoms with Crippen molar-refractivity contribution in [1.29, 1.82) is 0 Å². The second-order valence-electron chi connectivity index (χ2n) is 32.7. The van der Waals surface area contributed by atoms with Crippen LogP contribution >= 0.6 is 0 Å². The minimum Gasteiger partial charge on any atom is -0.378 e. The van der Waals surface area contributed by atoms with Crippen LogP contribution < -0.4 is 16.0 Å². The van der Waals surface area contributed by atoms with E-state index in [4.69, 9.17) is 4.74 Å². The van der Waals surface area contributed by atoms with Gasteiger partial charge in [0.1, 0.15) is 60.1 Å². The standard InChI is InChI=1S/C76H122F8N12O12/c1-14-46(5)64-71(105)89(9)44-62(99)90(10)56-24-18-21-33-96(47(56)6)59(41-49-25-28-52(29-26-49)75(79,80)81)69(103)88(8)43-60(97)85-55(30-27-50-39-53(77)63(54(78)40-50)76(82,83)84)68(102)95(15-2)48(7)66(100)87-74(31-19-20-32-74)73(107)93(13)65(51-22-16-17-23-51)72(106)92(12)58(70(104)94-34-36-108-37-35-94)42-61(98)91(11)57(38-45(3)4)67(101)86-64/h45-59,63-65H,14-44H2,1-13H3,(H,85,97)(H,86,101)(H,87,100)/t46-,47?,48-,49?,50?,52?,53?,54?,55-,56-,57-,58-,59-,63?,64-,65-/m0/s1. The Bertz CT molecular complexity index is 3100. The van der Waals surface area contributed by atoms with E-state index in [-0.39, 0.29) is 103 Å². The van der Waals surface area contributed by atoms with Gasteiger partial charge in [0.15, 0.2) is 0 Å². The Balaban J connectivity index is 1.31. The number of halogens is 8. The average molecular weight is 1550 g/mol. The zero-order valence-electron chi connectivity index (χ0n) is 65.8. The topological polar surface area (TPSA) is 262 Å². The lowest BCUT2D eigenvalue weighted by Crippen LogP contribution is -2.65. The molecule has 13 atom stereocenters. The van der Waals surface area contributed by atoms with E-state index in [0.29, 0.717) is 64.2 Å². The first-order valence-electron chi connectivity index (χ1n) is 39.5. The smallest absolute Gasteiger partial charge is 0.378 e. The van der Waals surface area contributed by atoms with Crippen LogP contribution in [-0.2, 0) is 57.5 Å². The van der Waals surface area contributed by atoms with Gasteiger partial charge in [-0.2, -0.15) is 26.3 Å². The number of amides is 11. The second kappa shape index (κ2) is 38.6. The van der Waals surface area contributed by atoms with Crippen molar-refractivity contribution in [2.24, 2.45) is 41.4 Å². The van der Waals surface area contributed by atoms with E-state index >= 15 is 47.1 Å². The molecule has 11 amide bonds. The van der Waals surface area contributed by atoms with Crippen LogP contribution in [0.2, 0.25) is 0 Å². The van der Waals surface area contributed by atoms with Crippen molar-refractivity contribution in [3.8, 4) is 0 Å². The fourth-order valence-electron chi connectivity index (χ4n) is 18.0. The van der Waals surface area contributed by atoms with Gasteiger partial charge in [0.05, 0.1) is 44.7 Å². The van der Waals surface area contributed by atoms with E-state index in [1.54, 1.807) is 14.0 Å². The van der Waals surface area contributed by atoms with Crippen molar-refractivity contribution in [1.82, 2.24) is 60.0 Å². The number of carbonyl (C=O) groups is 11. The van der Waals surface area contributed by atoms with E-state index in [1.807, 2.05) is 32.6 Å². The fourth-order valence-corrected chi connectivity index (χ4v) is 18.0. The van der Waals surface area contributed by atoms with Gasteiger partial charge in [-0.3, -0.25) is 57.6 Å². The van der Waals surface area contributed by atoms with Gasteiger partial charge >= 0.3 is 12.4 Å². The Kier molecular flexibility index (Phi) is 31.8. The Hall–Kier alpha value is -6.47. The van der Waals surface area contributed by atoms with E-state index in [0.717, 1.165) is 9.80 Å². The predicted octanol–water partition coefficient (Wildman–Crippen LogP) is 7.44. The second-order valence-corrected chi connectivity index (χ2v) is 32.7. The molecular formula is C76H122F8N12O12. The number of carbonyl (C=O) groups excluding carboxylic acids is 11. The van der Waals surface area contributed by atoms with Gasteiger partial charge in [-0.15, -0.1) is 0 Å². The molecule has 24 nitrogen and oxygen atoms in total. The number of hydrogen-bond acceptors (Lipinski definition) is 13. The summed E-state index contributed by atoms with van der Waals surface area (Å²) in [5.41, 5.74) is -1.68. The molecule has 7 aliphatic rings. The molecular weight excluding hydrogens is 1420 g/mol. The Morgan fingerprint density at radius 2 is 1.20 bits per heavy atom. The molecule has 1 spiro atoms. The lowest BCUT2D eigenvalue weighted by atomic mass is 9.76. The van der Waals surface area contributed by atoms with E-state index < -0.39 is 224 Å². The molecule has 3 N–H and O–H groups in total. The average Bonchev–Trinajstić information content (AvgIpc) is 1.49. The minimum absolute atomic E-state index is 0.0507. The molecule has 0 radical (unpaired) electrons. The summed E-state index contributed by atoms with van der Waals surface area (Å²) < 4.78 is 121. The zero-order valence-corrected chi connectivity index (χ0v) is 65.8. The molecule has 7 rings (SSSR count). The van der Waals surface area contributed by atoms with Gasteiger partial charge in [0.2, 0.25) is 65.0 Å². The molecule has 4 saturated carbocycles. The summed E-state index contributed by atoms with van der Waals surface area (Å²) >= 11 is 0. The van der Waals surface area contributed by atoms with Crippen LogP contribution in [0.4, 0.5) is 35.1 Å². The third-order valence-electron chi connectivity index (χ3n) is 24.9. The first-order chi connectivity index (χ1) is 50.7. The van der Waals surface area contributed by atoms with Crippen LogP contribution in [0.15, 0.2) is 0 Å². The van der Waals surface area contributed by atoms with Crippen molar-refractivity contribution < 1.29 is 92.6 Å². The zero-order chi connectivity index (χ0) is 80.2. The molecule has 4 unspecified atom stereocenters. The molecule has 4 aliphatic carbocycles. The predicted molar refractivity (Wildman–Crippen MR) is 386 cm³/mol. The Labute approximate surface area is 632 Å². The molecule has 0 aromatic heterocycles. The molecule has 3 aliphatic heterocycles. The highest BCUT2D eigenvalue weighted by Gasteiger charge is 2.55. The monoisotopic (exact) mass is 1550 g/mol. The van der Waals surface area contributed by atoms with Gasteiger partial charge < -0.3 is 59.9 Å². The van der Waals surface area contributed by atoms with Crippen LogP contribution in [0.5, 0.6) is 0 Å². The van der Waals surface area contributed by atoms with Crippen molar-refractivity contribution in [3.63, 3.8) is 0 Å². The van der Waals surface area contributed by atoms with Gasteiger partial charge in [0.25, 0.3) is 0 Å². The number of alkyl halides is 8. The highest BCUT2D eigenvalue weighted by atomic mass is 19.4. The van der Waals surface area contributed by atoms with Gasteiger partial charge in [-0.05, 0) is 160 Å². The SMILES string of the molecule is CC[C@H](C)[C@@H]1NC(=O)[C@H](CC(C)C)N(C)C(=O)C[C@@H](C(=O)N2CCOCC2)N(C)C(=O)[C@H](C2CCCC2)N(C)C(=O)C2(CCCC2)NC(=O)[C@H](C)N(CC)C(=O)[C@H](CCC2CC(F)C(C(F)(F)F)C(F)C2)NC(=O)CN(C)C(=O)[C@H](CC2CCC(C(F)(F)F)CC2)N2CCCC[C@@H](C2C)N(C)C(=O)CN(C)C1=O. The number of likely N-dealkylation sites (N-methyl/N-ethyl adjacent to an activating group) is 7. The maximum absolute atomic E-state index is 15.7. The van der Waals surface area contributed by atoms with Crippen molar-refractivity contribution in [3.05, 3.63) is 0 Å². The number of morpholine rings is 1. The third-order valence-corrected chi connectivity index (χ3v) is 24.9. The van der Waals surface area contributed by atoms with E-state index in [9.17, 15) is 40.7 Å². The van der Waals surface area contributed by atoms with Crippen LogP contribution in [0, 0.1) is 41.4 Å². The number of nitrogens with one attached hydrogen (secondary N) is 3. The Morgan fingerprint density at radius 1 is 0.611 bits per heavy atom. The van der Waals surface area contributed by atoms with Crippen LogP contribution in [-0.4, -0.2) is 288 Å². The molecule has 614 valence electrons. The van der Waals surface area contributed by atoms with Gasteiger partial charge in [0, 0.05) is 74.0 Å².